The number of hydrogen-bond acceptors (Lipinski definition) is 1. The molecule has 17 heavy (non-hydrogen) atoms. The quantitative estimate of drug-likeness (QED) is 0.738. The summed E-state index contributed by atoms with van der Waals surface area (Å²) in [7, 11) is 0. The van der Waals surface area contributed by atoms with Crippen molar-refractivity contribution in [2.45, 2.75) is 39.0 Å². The summed E-state index contributed by atoms with van der Waals surface area (Å²) in [6.45, 7) is 6.79. The van der Waals surface area contributed by atoms with E-state index in [1.54, 1.807) is 0 Å². The molecule has 1 nitrogen and oxygen atoms in total. The van der Waals surface area contributed by atoms with Gasteiger partial charge in [0.1, 0.15) is 0 Å². The van der Waals surface area contributed by atoms with Crippen LogP contribution in [0, 0.1) is 22.7 Å². The second kappa shape index (κ2) is 4.14. The van der Waals surface area contributed by atoms with Crippen LogP contribution in [-0.2, 0) is 5.41 Å². The van der Waals surface area contributed by atoms with Crippen molar-refractivity contribution in [3.8, 4) is 6.07 Å². The van der Waals surface area contributed by atoms with E-state index in [-0.39, 0.29) is 5.41 Å². The van der Waals surface area contributed by atoms with Gasteiger partial charge in [-0.2, -0.15) is 5.26 Å². The van der Waals surface area contributed by atoms with Gasteiger partial charge in [-0.3, -0.25) is 0 Å². The minimum atomic E-state index is -0.248. The number of hydrogen-bond donors (Lipinski definition) is 0. The van der Waals surface area contributed by atoms with E-state index >= 15 is 0 Å². The highest BCUT2D eigenvalue weighted by Crippen LogP contribution is 2.54. The molecule has 0 aliphatic heterocycles. The van der Waals surface area contributed by atoms with Crippen molar-refractivity contribution < 1.29 is 0 Å². The van der Waals surface area contributed by atoms with Crippen LogP contribution in [0.2, 0.25) is 0 Å². The first-order chi connectivity index (χ1) is 7.87. The van der Waals surface area contributed by atoms with E-state index < -0.39 is 0 Å². The third-order valence-corrected chi connectivity index (χ3v) is 4.50. The second-order valence-corrected chi connectivity index (χ2v) is 7.09. The molecule has 1 aromatic carbocycles. The fourth-order valence-electron chi connectivity index (χ4n) is 2.57. The Bertz CT molecular complexity index is 459. The average molecular weight is 292 g/mol. The summed E-state index contributed by atoms with van der Waals surface area (Å²) in [6, 6.07) is 10.7. The van der Waals surface area contributed by atoms with Crippen LogP contribution < -0.4 is 0 Å². The standard InChI is InChI=1S/C15H18BrN/c1-14(2,3)12-8-15(9-12,10-17)11-5-4-6-13(16)7-11/h4-7,12H,8-9H2,1-3H3. The molecule has 2 heteroatoms. The Balaban J connectivity index is 2.24. The first-order valence-electron chi connectivity index (χ1n) is 6.05. The lowest BCUT2D eigenvalue weighted by Gasteiger charge is -2.49. The van der Waals surface area contributed by atoms with Gasteiger partial charge in [-0.05, 0) is 41.9 Å². The zero-order chi connectivity index (χ0) is 12.7. The van der Waals surface area contributed by atoms with Crippen LogP contribution in [0.15, 0.2) is 28.7 Å². The third kappa shape index (κ3) is 2.26. The van der Waals surface area contributed by atoms with Gasteiger partial charge < -0.3 is 0 Å². The molecule has 0 aromatic heterocycles. The fourth-order valence-corrected chi connectivity index (χ4v) is 2.97. The number of halogens is 1. The maximum Gasteiger partial charge on any atom is 0.0828 e. The zero-order valence-corrected chi connectivity index (χ0v) is 12.2. The highest BCUT2D eigenvalue weighted by Gasteiger charge is 2.49. The van der Waals surface area contributed by atoms with Crippen LogP contribution in [-0.4, -0.2) is 0 Å². The third-order valence-electron chi connectivity index (χ3n) is 4.01. The summed E-state index contributed by atoms with van der Waals surface area (Å²) in [5.41, 5.74) is 1.23. The van der Waals surface area contributed by atoms with Crippen LogP contribution in [0.5, 0.6) is 0 Å². The molecular formula is C15H18BrN. The minimum Gasteiger partial charge on any atom is -0.197 e. The predicted octanol–water partition coefficient (Wildman–Crippen LogP) is 4.67. The molecule has 0 radical (unpaired) electrons. The van der Waals surface area contributed by atoms with Gasteiger partial charge in [0.2, 0.25) is 0 Å². The molecular weight excluding hydrogens is 274 g/mol. The van der Waals surface area contributed by atoms with Gasteiger partial charge in [0.15, 0.2) is 0 Å². The first-order valence-corrected chi connectivity index (χ1v) is 6.84. The van der Waals surface area contributed by atoms with Gasteiger partial charge in [0, 0.05) is 4.47 Å². The van der Waals surface area contributed by atoms with E-state index in [1.165, 1.54) is 0 Å². The van der Waals surface area contributed by atoms with E-state index in [2.05, 4.69) is 54.9 Å². The predicted molar refractivity (Wildman–Crippen MR) is 73.6 cm³/mol. The summed E-state index contributed by atoms with van der Waals surface area (Å²) in [5, 5.41) is 9.50. The van der Waals surface area contributed by atoms with Crippen molar-refractivity contribution in [1.29, 1.82) is 5.26 Å². The Morgan fingerprint density at radius 2 is 2.00 bits per heavy atom. The van der Waals surface area contributed by atoms with Gasteiger partial charge in [-0.15, -0.1) is 0 Å². The van der Waals surface area contributed by atoms with Gasteiger partial charge >= 0.3 is 0 Å². The molecule has 1 fully saturated rings. The minimum absolute atomic E-state index is 0.248. The number of benzene rings is 1. The van der Waals surface area contributed by atoms with Crippen LogP contribution in [0.1, 0.15) is 39.2 Å². The van der Waals surface area contributed by atoms with E-state index in [4.69, 9.17) is 0 Å². The summed E-state index contributed by atoms with van der Waals surface area (Å²) in [6.07, 6.45) is 1.98. The van der Waals surface area contributed by atoms with Crippen LogP contribution in [0.25, 0.3) is 0 Å². The van der Waals surface area contributed by atoms with Crippen molar-refractivity contribution in [2.24, 2.45) is 11.3 Å². The molecule has 90 valence electrons. The van der Waals surface area contributed by atoms with Crippen LogP contribution in [0.3, 0.4) is 0 Å². The van der Waals surface area contributed by atoms with Crippen LogP contribution in [0.4, 0.5) is 0 Å². The Labute approximate surface area is 112 Å². The van der Waals surface area contributed by atoms with Crippen molar-refractivity contribution in [2.75, 3.05) is 0 Å². The second-order valence-electron chi connectivity index (χ2n) is 6.18. The summed E-state index contributed by atoms with van der Waals surface area (Å²) < 4.78 is 1.06. The summed E-state index contributed by atoms with van der Waals surface area (Å²) in [4.78, 5) is 0. The van der Waals surface area contributed by atoms with E-state index in [9.17, 15) is 5.26 Å². The average Bonchev–Trinajstić information content (AvgIpc) is 2.15. The van der Waals surface area contributed by atoms with Crippen molar-refractivity contribution in [3.63, 3.8) is 0 Å². The molecule has 0 heterocycles. The number of nitrogens with zero attached hydrogens (tertiary/aromatic N) is 1. The molecule has 1 aliphatic rings. The molecule has 1 aliphatic carbocycles. The number of nitriles is 1. The number of rotatable bonds is 1. The monoisotopic (exact) mass is 291 g/mol. The largest absolute Gasteiger partial charge is 0.197 e. The van der Waals surface area contributed by atoms with Crippen molar-refractivity contribution in [1.82, 2.24) is 0 Å². The molecule has 1 aromatic rings. The van der Waals surface area contributed by atoms with Gasteiger partial charge in [0.25, 0.3) is 0 Å². The lowest BCUT2D eigenvalue weighted by Crippen LogP contribution is -2.45. The molecule has 0 atom stereocenters. The van der Waals surface area contributed by atoms with Crippen LogP contribution >= 0.6 is 15.9 Å². The van der Waals surface area contributed by atoms with Gasteiger partial charge in [-0.25, -0.2) is 0 Å². The smallest absolute Gasteiger partial charge is 0.0828 e. The fraction of sp³-hybridized carbons (Fsp3) is 0.533. The Hall–Kier alpha value is -0.810. The van der Waals surface area contributed by atoms with Crippen molar-refractivity contribution in [3.05, 3.63) is 34.3 Å². The highest BCUT2D eigenvalue weighted by atomic mass is 79.9. The Morgan fingerprint density at radius 1 is 1.35 bits per heavy atom. The van der Waals surface area contributed by atoms with E-state index in [0.29, 0.717) is 11.3 Å². The van der Waals surface area contributed by atoms with Crippen molar-refractivity contribution >= 4 is 15.9 Å². The SMILES string of the molecule is CC(C)(C)C1CC(C#N)(c2cccc(Br)c2)C1. The molecule has 1 saturated carbocycles. The van der Waals surface area contributed by atoms with E-state index in [0.717, 1.165) is 22.9 Å². The molecule has 0 saturated heterocycles. The van der Waals surface area contributed by atoms with E-state index in [1.807, 2.05) is 12.1 Å². The molecule has 0 amide bonds. The zero-order valence-electron chi connectivity index (χ0n) is 10.6. The Kier molecular flexibility index (Phi) is 3.08. The topological polar surface area (TPSA) is 23.8 Å². The Morgan fingerprint density at radius 3 is 2.47 bits per heavy atom. The molecule has 0 unspecified atom stereocenters. The lowest BCUT2D eigenvalue weighted by molar-refractivity contribution is 0.0782. The molecule has 0 spiro atoms. The lowest BCUT2D eigenvalue weighted by atomic mass is 9.53. The molecule has 0 bridgehead atoms. The maximum atomic E-state index is 9.50. The highest BCUT2D eigenvalue weighted by molar-refractivity contribution is 9.10. The first kappa shape index (κ1) is 12.6. The summed E-state index contributed by atoms with van der Waals surface area (Å²) >= 11 is 3.48. The maximum absolute atomic E-state index is 9.50. The molecule has 2 rings (SSSR count). The summed E-state index contributed by atoms with van der Waals surface area (Å²) in [5.74, 6) is 0.654. The van der Waals surface area contributed by atoms with Gasteiger partial charge in [-0.1, -0.05) is 48.8 Å². The van der Waals surface area contributed by atoms with Gasteiger partial charge in [0.05, 0.1) is 11.5 Å². The normalized spacial score (nSPS) is 28.3. The molecule has 0 N–H and O–H groups in total.